The maximum atomic E-state index is 12.2. The van der Waals surface area contributed by atoms with E-state index in [1.165, 1.54) is 0 Å². The summed E-state index contributed by atoms with van der Waals surface area (Å²) in [6, 6.07) is 7.71. The zero-order valence-corrected chi connectivity index (χ0v) is 11.2. The van der Waals surface area contributed by atoms with Gasteiger partial charge in [0.1, 0.15) is 5.25 Å². The maximum absolute atomic E-state index is 12.2. The van der Waals surface area contributed by atoms with Gasteiger partial charge in [-0.3, -0.25) is 9.00 Å². The lowest BCUT2D eigenvalue weighted by atomic mass is 10.1. The fourth-order valence-electron chi connectivity index (χ4n) is 2.09. The van der Waals surface area contributed by atoms with E-state index in [1.54, 1.807) is 0 Å². The quantitative estimate of drug-likeness (QED) is 0.858. The van der Waals surface area contributed by atoms with Crippen LogP contribution in [0.5, 0.6) is 0 Å². The summed E-state index contributed by atoms with van der Waals surface area (Å²) in [5, 5.41) is 2.25. The lowest BCUT2D eigenvalue weighted by Gasteiger charge is -2.16. The molecule has 1 aromatic rings. The van der Waals surface area contributed by atoms with Crippen molar-refractivity contribution in [3.05, 3.63) is 29.8 Å². The minimum atomic E-state index is -1.22. The van der Waals surface area contributed by atoms with E-state index < -0.39 is 16.0 Å². The highest BCUT2D eigenvalue weighted by Gasteiger charge is 2.30. The van der Waals surface area contributed by atoms with E-state index in [4.69, 9.17) is 5.73 Å². The molecular formula is C13H18N2O2S. The average Bonchev–Trinajstić information content (AvgIpc) is 2.55. The van der Waals surface area contributed by atoms with Crippen LogP contribution in [0.2, 0.25) is 0 Å². The molecule has 98 valence electrons. The van der Waals surface area contributed by atoms with Crippen LogP contribution >= 0.6 is 0 Å². The summed E-state index contributed by atoms with van der Waals surface area (Å²) in [6.45, 7) is 2.16. The van der Waals surface area contributed by atoms with Crippen LogP contribution in [0.3, 0.4) is 0 Å². The number of anilines is 1. The molecule has 1 heterocycles. The first-order chi connectivity index (χ1) is 8.63. The maximum Gasteiger partial charge on any atom is 0.240 e. The molecule has 4 nitrogen and oxygen atoms in total. The van der Waals surface area contributed by atoms with E-state index in [-0.39, 0.29) is 11.2 Å². The van der Waals surface area contributed by atoms with Gasteiger partial charge in [-0.25, -0.2) is 0 Å². The van der Waals surface area contributed by atoms with Crippen molar-refractivity contribution in [1.29, 1.82) is 0 Å². The second-order valence-corrected chi connectivity index (χ2v) is 6.58. The van der Waals surface area contributed by atoms with Gasteiger partial charge in [0.15, 0.2) is 0 Å². The van der Waals surface area contributed by atoms with Crippen molar-refractivity contribution >= 4 is 22.4 Å². The predicted molar refractivity (Wildman–Crippen MR) is 73.8 cm³/mol. The van der Waals surface area contributed by atoms with Crippen molar-refractivity contribution < 1.29 is 9.00 Å². The highest BCUT2D eigenvalue weighted by molar-refractivity contribution is 7.87. The Bertz CT molecular complexity index is 476. The molecule has 0 spiro atoms. The van der Waals surface area contributed by atoms with Gasteiger partial charge in [-0.05, 0) is 31.4 Å². The van der Waals surface area contributed by atoms with E-state index >= 15 is 0 Å². The number of hydrogen-bond acceptors (Lipinski definition) is 3. The summed E-state index contributed by atoms with van der Waals surface area (Å²) in [4.78, 5) is 12.1. The third kappa shape index (κ3) is 2.62. The van der Waals surface area contributed by atoms with Crippen LogP contribution in [0.4, 0.5) is 5.69 Å². The number of rotatable bonds is 3. The van der Waals surface area contributed by atoms with Crippen LogP contribution in [0.25, 0.3) is 0 Å². The number of nitrogens with two attached hydrogens (primary N) is 1. The highest BCUT2D eigenvalue weighted by atomic mass is 32.2. The van der Waals surface area contributed by atoms with Gasteiger partial charge >= 0.3 is 0 Å². The molecular weight excluding hydrogens is 248 g/mol. The Morgan fingerprint density at radius 1 is 1.50 bits per heavy atom. The number of amides is 1. The normalized spacial score (nSPS) is 22.6. The van der Waals surface area contributed by atoms with Crippen LogP contribution in [0, 0.1) is 0 Å². The second kappa shape index (κ2) is 5.63. The Hall–Kier alpha value is -1.20. The molecule has 0 radical (unpaired) electrons. The van der Waals surface area contributed by atoms with Crippen LogP contribution in [-0.2, 0) is 22.0 Å². The van der Waals surface area contributed by atoms with Gasteiger partial charge in [0.05, 0.1) is 0 Å². The van der Waals surface area contributed by atoms with Gasteiger partial charge in [-0.15, -0.1) is 0 Å². The lowest BCUT2D eigenvalue weighted by Crippen LogP contribution is -2.37. The molecule has 0 bridgehead atoms. The molecule has 0 aliphatic carbocycles. The summed E-state index contributed by atoms with van der Waals surface area (Å²) in [6.07, 6.45) is 1.38. The molecule has 1 aliphatic heterocycles. The number of para-hydroxylation sites is 1. The van der Waals surface area contributed by atoms with Crippen LogP contribution in [-0.4, -0.2) is 27.2 Å². The summed E-state index contributed by atoms with van der Waals surface area (Å²) in [5.41, 5.74) is 7.46. The molecule has 5 heteroatoms. The Labute approximate surface area is 109 Å². The molecule has 2 rings (SSSR count). The van der Waals surface area contributed by atoms with Gasteiger partial charge in [0, 0.05) is 28.3 Å². The van der Waals surface area contributed by atoms with E-state index in [1.807, 2.05) is 31.2 Å². The van der Waals surface area contributed by atoms with Crippen molar-refractivity contribution in [2.24, 2.45) is 5.73 Å². The van der Waals surface area contributed by atoms with E-state index in [0.29, 0.717) is 13.0 Å². The molecule has 3 atom stereocenters. The number of benzene rings is 1. The predicted octanol–water partition coefficient (Wildman–Crippen LogP) is 1.04. The molecule has 1 aliphatic rings. The molecule has 0 aromatic heterocycles. The Balaban J connectivity index is 2.20. The molecule has 1 aromatic carbocycles. The summed E-state index contributed by atoms with van der Waals surface area (Å²) in [5.74, 6) is -0.154. The number of nitrogens with one attached hydrogen (secondary N) is 1. The van der Waals surface area contributed by atoms with E-state index in [2.05, 4.69) is 5.32 Å². The summed E-state index contributed by atoms with van der Waals surface area (Å²) >= 11 is 0. The molecule has 0 saturated heterocycles. The monoisotopic (exact) mass is 266 g/mol. The fraction of sp³-hybridized carbons (Fsp3) is 0.462. The third-order valence-corrected chi connectivity index (χ3v) is 5.25. The fourth-order valence-corrected chi connectivity index (χ4v) is 3.46. The van der Waals surface area contributed by atoms with Gasteiger partial charge in [0.2, 0.25) is 5.91 Å². The van der Waals surface area contributed by atoms with Crippen LogP contribution < -0.4 is 11.1 Å². The standard InChI is InChI=1S/C13H18N2O2S/c1-9(8-14)18(17)12-7-6-10-4-2-3-5-11(10)15-13(12)16/h2-5,9,12H,6-8,14H2,1H3,(H,15,16). The summed E-state index contributed by atoms with van der Waals surface area (Å²) < 4.78 is 12.2. The lowest BCUT2D eigenvalue weighted by molar-refractivity contribution is -0.115. The minimum absolute atomic E-state index is 0.151. The summed E-state index contributed by atoms with van der Waals surface area (Å²) in [7, 11) is -1.22. The van der Waals surface area contributed by atoms with Crippen LogP contribution in [0.1, 0.15) is 18.9 Å². The smallest absolute Gasteiger partial charge is 0.240 e. The third-order valence-electron chi connectivity index (χ3n) is 3.25. The molecule has 18 heavy (non-hydrogen) atoms. The van der Waals surface area contributed by atoms with Crippen molar-refractivity contribution in [2.45, 2.75) is 30.3 Å². The average molecular weight is 266 g/mol. The Morgan fingerprint density at radius 2 is 2.22 bits per heavy atom. The number of aryl methyl sites for hydroxylation is 1. The van der Waals surface area contributed by atoms with Gasteiger partial charge in [-0.1, -0.05) is 18.2 Å². The molecule has 0 saturated carbocycles. The molecule has 3 unspecified atom stereocenters. The number of carbonyl (C=O) groups is 1. The van der Waals surface area contributed by atoms with Gasteiger partial charge in [0.25, 0.3) is 0 Å². The van der Waals surface area contributed by atoms with Crippen molar-refractivity contribution in [1.82, 2.24) is 0 Å². The largest absolute Gasteiger partial charge is 0.329 e. The van der Waals surface area contributed by atoms with Crippen molar-refractivity contribution in [3.63, 3.8) is 0 Å². The van der Waals surface area contributed by atoms with Crippen LogP contribution in [0.15, 0.2) is 24.3 Å². The number of hydrogen-bond donors (Lipinski definition) is 2. The first-order valence-corrected chi connectivity index (χ1v) is 7.39. The Kier molecular flexibility index (Phi) is 4.14. The Morgan fingerprint density at radius 3 is 2.94 bits per heavy atom. The van der Waals surface area contributed by atoms with Gasteiger partial charge in [-0.2, -0.15) is 0 Å². The first-order valence-electron chi connectivity index (χ1n) is 6.11. The zero-order valence-electron chi connectivity index (χ0n) is 10.4. The van der Waals surface area contributed by atoms with Crippen molar-refractivity contribution in [3.8, 4) is 0 Å². The zero-order chi connectivity index (χ0) is 13.1. The number of carbonyl (C=O) groups excluding carboxylic acids is 1. The van der Waals surface area contributed by atoms with E-state index in [0.717, 1.165) is 17.7 Å². The SMILES string of the molecule is CC(CN)S(=O)C1CCc2ccccc2NC1=O. The molecule has 1 amide bonds. The van der Waals surface area contributed by atoms with Crippen molar-refractivity contribution in [2.75, 3.05) is 11.9 Å². The van der Waals surface area contributed by atoms with E-state index in [9.17, 15) is 9.00 Å². The topological polar surface area (TPSA) is 72.2 Å². The molecule has 3 N–H and O–H groups in total. The first kappa shape index (κ1) is 13.2. The minimum Gasteiger partial charge on any atom is -0.329 e. The molecule has 0 fully saturated rings. The second-order valence-electron chi connectivity index (χ2n) is 4.55. The highest BCUT2D eigenvalue weighted by Crippen LogP contribution is 2.24. The number of fused-ring (bicyclic) bond motifs is 1. The van der Waals surface area contributed by atoms with Gasteiger partial charge < -0.3 is 11.1 Å².